The Morgan fingerprint density at radius 2 is 1.96 bits per heavy atom. The smallest absolute Gasteiger partial charge is 0.265 e. The van der Waals surface area contributed by atoms with E-state index in [0.29, 0.717) is 10.6 Å². The quantitative estimate of drug-likeness (QED) is 0.740. The number of carbonyl (C=O) groups is 1. The number of aromatic nitrogens is 2. The Bertz CT molecular complexity index is 929. The molecule has 2 aromatic heterocycles. The summed E-state index contributed by atoms with van der Waals surface area (Å²) >= 11 is 1.49. The van der Waals surface area contributed by atoms with Gasteiger partial charge in [0.1, 0.15) is 5.69 Å². The Morgan fingerprint density at radius 1 is 1.19 bits per heavy atom. The molecule has 140 valence electrons. The maximum absolute atomic E-state index is 12.8. The molecule has 0 spiro atoms. The van der Waals surface area contributed by atoms with Gasteiger partial charge in [-0.3, -0.25) is 4.79 Å². The van der Waals surface area contributed by atoms with Gasteiger partial charge in [0.05, 0.1) is 11.1 Å². The van der Waals surface area contributed by atoms with E-state index in [1.807, 2.05) is 49.3 Å². The molecule has 0 bridgehead atoms. The van der Waals surface area contributed by atoms with Crippen LogP contribution in [-0.2, 0) is 0 Å². The molecular weight excluding hydrogens is 358 g/mol. The van der Waals surface area contributed by atoms with E-state index in [1.54, 1.807) is 6.20 Å². The second-order valence-corrected chi connectivity index (χ2v) is 8.04. The van der Waals surface area contributed by atoms with Crippen molar-refractivity contribution in [3.05, 3.63) is 41.4 Å². The fraction of sp³-hybridized carbons (Fsp3) is 0.350. The second-order valence-electron chi connectivity index (χ2n) is 6.95. The molecule has 1 N–H and O–H groups in total. The monoisotopic (exact) mass is 381 g/mol. The van der Waals surface area contributed by atoms with Crippen LogP contribution in [0, 0.1) is 0 Å². The first-order valence-electron chi connectivity index (χ1n) is 9.21. The maximum Gasteiger partial charge on any atom is 0.265 e. The Kier molecular flexibility index (Phi) is 4.94. The highest BCUT2D eigenvalue weighted by Gasteiger charge is 2.19. The summed E-state index contributed by atoms with van der Waals surface area (Å²) in [4.78, 5) is 26.8. The van der Waals surface area contributed by atoms with Crippen LogP contribution in [0.5, 0.6) is 0 Å². The molecule has 3 aromatic rings. The fourth-order valence-electron chi connectivity index (χ4n) is 3.32. The highest BCUT2D eigenvalue weighted by Crippen LogP contribution is 2.29. The molecule has 0 unspecified atom stereocenters. The van der Waals surface area contributed by atoms with Crippen molar-refractivity contribution in [1.82, 2.24) is 9.97 Å². The minimum Gasteiger partial charge on any atom is -0.361 e. The van der Waals surface area contributed by atoms with E-state index in [4.69, 9.17) is 4.98 Å². The Hall–Kier alpha value is -2.67. The molecule has 1 aliphatic heterocycles. The van der Waals surface area contributed by atoms with Gasteiger partial charge < -0.3 is 15.1 Å². The lowest BCUT2D eigenvalue weighted by molar-refractivity contribution is 0.103. The zero-order valence-corrected chi connectivity index (χ0v) is 16.4. The van der Waals surface area contributed by atoms with Gasteiger partial charge in [-0.25, -0.2) is 4.98 Å². The number of carbonyl (C=O) groups excluding carboxylic acids is 1. The first-order valence-corrected chi connectivity index (χ1v) is 10.0. The number of thiophene rings is 1. The third-order valence-electron chi connectivity index (χ3n) is 4.72. The van der Waals surface area contributed by atoms with Crippen molar-refractivity contribution >= 4 is 44.8 Å². The standard InChI is InChI=1S/C20H23N5OS/c1-24(2)18-15(13-21-20(23-18)25-10-6-3-7-11-25)22-19(26)17-12-14-8-4-5-9-16(14)27-17/h4-5,8-9,12-13H,3,6-7,10-11H2,1-2H3,(H,22,26). The number of fused-ring (bicyclic) bond motifs is 1. The molecule has 4 rings (SSSR count). The lowest BCUT2D eigenvalue weighted by Gasteiger charge is -2.28. The van der Waals surface area contributed by atoms with E-state index >= 15 is 0 Å². The molecule has 1 aliphatic rings. The van der Waals surface area contributed by atoms with E-state index in [0.717, 1.165) is 34.9 Å². The summed E-state index contributed by atoms with van der Waals surface area (Å²) in [5.74, 6) is 1.33. The van der Waals surface area contributed by atoms with Crippen molar-refractivity contribution < 1.29 is 4.79 Å². The predicted octanol–water partition coefficient (Wildman–Crippen LogP) is 4.00. The van der Waals surface area contributed by atoms with E-state index in [9.17, 15) is 4.79 Å². The van der Waals surface area contributed by atoms with E-state index in [-0.39, 0.29) is 5.91 Å². The SMILES string of the molecule is CN(C)c1nc(N2CCCCC2)ncc1NC(=O)c1cc2ccccc2s1. The predicted molar refractivity (Wildman–Crippen MR) is 112 cm³/mol. The van der Waals surface area contributed by atoms with Gasteiger partial charge in [-0.05, 0) is 36.8 Å². The molecule has 0 saturated carbocycles. The largest absolute Gasteiger partial charge is 0.361 e. The molecule has 6 nitrogen and oxygen atoms in total. The van der Waals surface area contributed by atoms with Crippen molar-refractivity contribution in [1.29, 1.82) is 0 Å². The molecule has 0 aliphatic carbocycles. The van der Waals surface area contributed by atoms with Crippen LogP contribution in [0.15, 0.2) is 36.5 Å². The van der Waals surface area contributed by atoms with Crippen LogP contribution in [0.2, 0.25) is 0 Å². The molecule has 0 radical (unpaired) electrons. The fourth-order valence-corrected chi connectivity index (χ4v) is 4.27. The van der Waals surface area contributed by atoms with Crippen molar-refractivity contribution in [2.45, 2.75) is 19.3 Å². The Labute approximate surface area is 162 Å². The average molecular weight is 382 g/mol. The van der Waals surface area contributed by atoms with Gasteiger partial charge >= 0.3 is 0 Å². The zero-order valence-electron chi connectivity index (χ0n) is 15.6. The third kappa shape index (κ3) is 3.73. The van der Waals surface area contributed by atoms with Crippen LogP contribution in [0.4, 0.5) is 17.5 Å². The first-order chi connectivity index (χ1) is 13.1. The van der Waals surface area contributed by atoms with Gasteiger partial charge in [0.25, 0.3) is 5.91 Å². The Morgan fingerprint density at radius 3 is 2.70 bits per heavy atom. The van der Waals surface area contributed by atoms with E-state index < -0.39 is 0 Å². The van der Waals surface area contributed by atoms with Gasteiger partial charge in [0.15, 0.2) is 5.82 Å². The topological polar surface area (TPSA) is 61.4 Å². The molecule has 7 heteroatoms. The number of hydrogen-bond acceptors (Lipinski definition) is 6. The molecule has 0 atom stereocenters. The summed E-state index contributed by atoms with van der Waals surface area (Å²) in [5.41, 5.74) is 0.628. The lowest BCUT2D eigenvalue weighted by atomic mass is 10.1. The number of anilines is 3. The number of piperidine rings is 1. The van der Waals surface area contributed by atoms with Gasteiger partial charge in [-0.15, -0.1) is 11.3 Å². The molecule has 1 saturated heterocycles. The van der Waals surface area contributed by atoms with Crippen LogP contribution in [0.25, 0.3) is 10.1 Å². The summed E-state index contributed by atoms with van der Waals surface area (Å²) in [6, 6.07) is 9.93. The van der Waals surface area contributed by atoms with E-state index in [2.05, 4.69) is 15.2 Å². The molecule has 27 heavy (non-hydrogen) atoms. The van der Waals surface area contributed by atoms with Crippen LogP contribution in [-0.4, -0.2) is 43.1 Å². The van der Waals surface area contributed by atoms with Crippen molar-refractivity contribution in [2.75, 3.05) is 42.3 Å². The highest BCUT2D eigenvalue weighted by molar-refractivity contribution is 7.20. The summed E-state index contributed by atoms with van der Waals surface area (Å²) in [7, 11) is 3.86. The molecule has 1 aromatic carbocycles. The number of benzene rings is 1. The van der Waals surface area contributed by atoms with Gasteiger partial charge in [0.2, 0.25) is 5.95 Å². The normalized spacial score (nSPS) is 14.4. The van der Waals surface area contributed by atoms with Crippen LogP contribution in [0.3, 0.4) is 0 Å². The highest BCUT2D eigenvalue weighted by atomic mass is 32.1. The number of nitrogens with zero attached hydrogens (tertiary/aromatic N) is 4. The maximum atomic E-state index is 12.8. The first kappa shape index (κ1) is 17.7. The Balaban J connectivity index is 1.59. The van der Waals surface area contributed by atoms with Crippen molar-refractivity contribution in [3.8, 4) is 0 Å². The summed E-state index contributed by atoms with van der Waals surface area (Å²) in [5, 5.41) is 4.07. The minimum atomic E-state index is -0.131. The van der Waals surface area contributed by atoms with Gasteiger partial charge in [-0.2, -0.15) is 4.98 Å². The zero-order chi connectivity index (χ0) is 18.8. The summed E-state index contributed by atoms with van der Waals surface area (Å²) in [6.45, 7) is 1.97. The molecular formula is C20H23N5OS. The minimum absolute atomic E-state index is 0.131. The van der Waals surface area contributed by atoms with Crippen molar-refractivity contribution in [2.24, 2.45) is 0 Å². The third-order valence-corrected chi connectivity index (χ3v) is 5.83. The summed E-state index contributed by atoms with van der Waals surface area (Å²) < 4.78 is 1.10. The van der Waals surface area contributed by atoms with Crippen LogP contribution >= 0.6 is 11.3 Å². The van der Waals surface area contributed by atoms with Gasteiger partial charge in [-0.1, -0.05) is 18.2 Å². The number of nitrogens with one attached hydrogen (secondary N) is 1. The molecule has 1 fully saturated rings. The van der Waals surface area contributed by atoms with Crippen molar-refractivity contribution in [3.63, 3.8) is 0 Å². The average Bonchev–Trinajstić information content (AvgIpc) is 3.13. The van der Waals surface area contributed by atoms with Crippen LogP contribution < -0.4 is 15.1 Å². The second kappa shape index (κ2) is 7.52. The number of hydrogen-bond donors (Lipinski definition) is 1. The summed E-state index contributed by atoms with van der Waals surface area (Å²) in [6.07, 6.45) is 5.33. The number of amides is 1. The molecule has 1 amide bonds. The molecule has 3 heterocycles. The number of rotatable bonds is 4. The van der Waals surface area contributed by atoms with Gasteiger partial charge in [0, 0.05) is 31.9 Å². The van der Waals surface area contributed by atoms with Crippen LogP contribution in [0.1, 0.15) is 28.9 Å². The van der Waals surface area contributed by atoms with E-state index in [1.165, 1.54) is 30.6 Å². The lowest BCUT2D eigenvalue weighted by Crippen LogP contribution is -2.31.